The maximum Gasteiger partial charge on any atom is 0.311 e. The molecule has 0 aromatic carbocycles. The van der Waals surface area contributed by atoms with E-state index in [2.05, 4.69) is 5.32 Å². The van der Waals surface area contributed by atoms with Gasteiger partial charge in [0.2, 0.25) is 0 Å². The first-order chi connectivity index (χ1) is 5.15. The molecule has 1 N–H and O–H groups in total. The molecule has 0 radical (unpaired) electrons. The molecule has 1 saturated heterocycles. The summed E-state index contributed by atoms with van der Waals surface area (Å²) >= 11 is 0. The lowest BCUT2D eigenvalue weighted by Crippen LogP contribution is -2.56. The molecule has 1 fully saturated rings. The van der Waals surface area contributed by atoms with Crippen molar-refractivity contribution in [1.82, 2.24) is 10.2 Å². The van der Waals surface area contributed by atoms with Gasteiger partial charge in [-0.15, -0.1) is 0 Å². The van der Waals surface area contributed by atoms with E-state index in [0.29, 0.717) is 13.1 Å². The molecule has 4 nitrogen and oxygen atoms in total. The minimum absolute atomic E-state index is 0.0835. The number of carbonyl (C=O) groups is 2. The van der Waals surface area contributed by atoms with Gasteiger partial charge in [0.1, 0.15) is 0 Å². The van der Waals surface area contributed by atoms with Crippen molar-refractivity contribution in [2.45, 2.75) is 19.9 Å². The van der Waals surface area contributed by atoms with Crippen molar-refractivity contribution >= 4 is 11.8 Å². The van der Waals surface area contributed by atoms with Gasteiger partial charge in [-0.2, -0.15) is 0 Å². The molecule has 62 valence electrons. The Kier molecular flexibility index (Phi) is 2.12. The summed E-state index contributed by atoms with van der Waals surface area (Å²) in [5.74, 6) is -0.892. The lowest BCUT2D eigenvalue weighted by atomic mass is 10.2. The first-order valence-corrected chi connectivity index (χ1v) is 3.75. The van der Waals surface area contributed by atoms with Crippen molar-refractivity contribution < 1.29 is 9.59 Å². The normalized spacial score (nSPS) is 25.3. The van der Waals surface area contributed by atoms with E-state index in [1.807, 2.05) is 13.8 Å². The molecule has 4 heteroatoms. The van der Waals surface area contributed by atoms with E-state index in [1.165, 1.54) is 0 Å². The zero-order chi connectivity index (χ0) is 8.43. The number of hydrogen-bond donors (Lipinski definition) is 1. The monoisotopic (exact) mass is 156 g/mol. The molecule has 0 saturated carbocycles. The standard InChI is InChI=1S/C7H12N2O2/c1-3-9-4-5(2)8-6(10)7(9)11/h5H,3-4H2,1-2H3,(H,8,10). The third-order valence-electron chi connectivity index (χ3n) is 1.73. The number of amides is 2. The van der Waals surface area contributed by atoms with Gasteiger partial charge in [0.15, 0.2) is 0 Å². The molecule has 1 aliphatic heterocycles. The minimum atomic E-state index is -0.481. The molecule has 1 unspecified atom stereocenters. The summed E-state index contributed by atoms with van der Waals surface area (Å²) in [5, 5.41) is 2.56. The van der Waals surface area contributed by atoms with Crippen LogP contribution in [0.3, 0.4) is 0 Å². The van der Waals surface area contributed by atoms with Crippen molar-refractivity contribution in [1.29, 1.82) is 0 Å². The minimum Gasteiger partial charge on any atom is -0.344 e. The molecule has 0 spiro atoms. The third kappa shape index (κ3) is 1.50. The van der Waals surface area contributed by atoms with Crippen LogP contribution in [0.4, 0.5) is 0 Å². The SMILES string of the molecule is CCN1CC(C)NC(=O)C1=O. The van der Waals surface area contributed by atoms with Gasteiger partial charge in [-0.05, 0) is 13.8 Å². The highest BCUT2D eigenvalue weighted by Gasteiger charge is 2.28. The number of hydrogen-bond acceptors (Lipinski definition) is 2. The van der Waals surface area contributed by atoms with Crippen molar-refractivity contribution in [3.8, 4) is 0 Å². The van der Waals surface area contributed by atoms with Crippen LogP contribution in [0.15, 0.2) is 0 Å². The van der Waals surface area contributed by atoms with E-state index < -0.39 is 11.8 Å². The molecule has 2 amide bonds. The van der Waals surface area contributed by atoms with Gasteiger partial charge in [0, 0.05) is 19.1 Å². The predicted octanol–water partition coefficient (Wildman–Crippen LogP) is -0.647. The Morgan fingerprint density at radius 2 is 2.27 bits per heavy atom. The molecule has 0 aromatic rings. The highest BCUT2D eigenvalue weighted by atomic mass is 16.2. The summed E-state index contributed by atoms with van der Waals surface area (Å²) in [4.78, 5) is 23.4. The van der Waals surface area contributed by atoms with Gasteiger partial charge >= 0.3 is 11.8 Å². The second kappa shape index (κ2) is 2.90. The maximum absolute atomic E-state index is 11.0. The Hall–Kier alpha value is -1.06. The molecule has 1 rings (SSSR count). The first-order valence-electron chi connectivity index (χ1n) is 3.75. The Bertz CT molecular complexity index is 191. The third-order valence-corrected chi connectivity index (χ3v) is 1.73. The summed E-state index contributed by atoms with van der Waals surface area (Å²) in [6, 6.07) is 0.0835. The smallest absolute Gasteiger partial charge is 0.311 e. The number of nitrogens with zero attached hydrogens (tertiary/aromatic N) is 1. The summed E-state index contributed by atoms with van der Waals surface area (Å²) < 4.78 is 0. The molecule has 0 aliphatic carbocycles. The van der Waals surface area contributed by atoms with Crippen LogP contribution in [0.5, 0.6) is 0 Å². The molecule has 0 bridgehead atoms. The van der Waals surface area contributed by atoms with Crippen molar-refractivity contribution in [3.63, 3.8) is 0 Å². The zero-order valence-corrected chi connectivity index (χ0v) is 6.76. The van der Waals surface area contributed by atoms with E-state index in [-0.39, 0.29) is 6.04 Å². The highest BCUT2D eigenvalue weighted by Crippen LogP contribution is 1.99. The van der Waals surface area contributed by atoms with Crippen molar-refractivity contribution in [2.75, 3.05) is 13.1 Å². The Labute approximate surface area is 65.6 Å². The quantitative estimate of drug-likeness (QED) is 0.513. The van der Waals surface area contributed by atoms with Crippen LogP contribution in [0.2, 0.25) is 0 Å². The van der Waals surface area contributed by atoms with Crippen molar-refractivity contribution in [2.24, 2.45) is 0 Å². The number of piperazine rings is 1. The van der Waals surface area contributed by atoms with Gasteiger partial charge in [-0.1, -0.05) is 0 Å². The fourth-order valence-electron chi connectivity index (χ4n) is 1.16. The predicted molar refractivity (Wildman–Crippen MR) is 39.9 cm³/mol. The lowest BCUT2D eigenvalue weighted by molar-refractivity contribution is -0.149. The topological polar surface area (TPSA) is 49.4 Å². The molecule has 1 atom stereocenters. The summed E-state index contributed by atoms with van der Waals surface area (Å²) in [7, 11) is 0. The lowest BCUT2D eigenvalue weighted by Gasteiger charge is -2.29. The van der Waals surface area contributed by atoms with Gasteiger partial charge in [0.25, 0.3) is 0 Å². The largest absolute Gasteiger partial charge is 0.344 e. The summed E-state index contributed by atoms with van der Waals surface area (Å²) in [6.45, 7) is 4.98. The summed E-state index contributed by atoms with van der Waals surface area (Å²) in [6.07, 6.45) is 0. The number of carbonyl (C=O) groups excluding carboxylic acids is 2. The zero-order valence-electron chi connectivity index (χ0n) is 6.76. The number of likely N-dealkylation sites (N-methyl/N-ethyl adjacent to an activating group) is 1. The first kappa shape index (κ1) is 8.04. The van der Waals surface area contributed by atoms with Crippen LogP contribution in [-0.2, 0) is 9.59 Å². The van der Waals surface area contributed by atoms with E-state index in [4.69, 9.17) is 0 Å². The molecule has 1 heterocycles. The molecule has 0 aromatic heterocycles. The van der Waals surface area contributed by atoms with E-state index in [0.717, 1.165) is 0 Å². The average molecular weight is 156 g/mol. The van der Waals surface area contributed by atoms with Crippen molar-refractivity contribution in [3.05, 3.63) is 0 Å². The number of nitrogens with one attached hydrogen (secondary N) is 1. The van der Waals surface area contributed by atoms with Crippen LogP contribution in [0.25, 0.3) is 0 Å². The van der Waals surface area contributed by atoms with E-state index >= 15 is 0 Å². The molecular weight excluding hydrogens is 144 g/mol. The Morgan fingerprint density at radius 1 is 1.64 bits per heavy atom. The second-order valence-corrected chi connectivity index (χ2v) is 2.72. The average Bonchev–Trinajstić information content (AvgIpc) is 1.96. The summed E-state index contributed by atoms with van der Waals surface area (Å²) in [5.41, 5.74) is 0. The van der Waals surface area contributed by atoms with Gasteiger partial charge < -0.3 is 10.2 Å². The van der Waals surface area contributed by atoms with Crippen LogP contribution >= 0.6 is 0 Å². The fraction of sp³-hybridized carbons (Fsp3) is 0.714. The van der Waals surface area contributed by atoms with Crippen LogP contribution in [-0.4, -0.2) is 35.8 Å². The maximum atomic E-state index is 11.0. The molecule has 1 aliphatic rings. The van der Waals surface area contributed by atoms with Gasteiger partial charge in [0.05, 0.1) is 0 Å². The van der Waals surface area contributed by atoms with Gasteiger partial charge in [-0.3, -0.25) is 9.59 Å². The fourth-order valence-corrected chi connectivity index (χ4v) is 1.16. The van der Waals surface area contributed by atoms with Crippen LogP contribution in [0, 0.1) is 0 Å². The highest BCUT2D eigenvalue weighted by molar-refractivity contribution is 6.35. The second-order valence-electron chi connectivity index (χ2n) is 2.72. The van der Waals surface area contributed by atoms with Crippen LogP contribution < -0.4 is 5.32 Å². The Balaban J connectivity index is 2.66. The Morgan fingerprint density at radius 3 is 2.82 bits per heavy atom. The van der Waals surface area contributed by atoms with Gasteiger partial charge in [-0.25, -0.2) is 0 Å². The number of rotatable bonds is 1. The van der Waals surface area contributed by atoms with E-state index in [1.54, 1.807) is 4.90 Å². The van der Waals surface area contributed by atoms with Crippen LogP contribution in [0.1, 0.15) is 13.8 Å². The van der Waals surface area contributed by atoms with E-state index in [9.17, 15) is 9.59 Å². The molecule has 11 heavy (non-hydrogen) atoms. The molecular formula is C7H12N2O2.